The van der Waals surface area contributed by atoms with Gasteiger partial charge in [0.05, 0.1) is 17.5 Å². The third-order valence-corrected chi connectivity index (χ3v) is 4.64. The van der Waals surface area contributed by atoms with Gasteiger partial charge in [-0.15, -0.1) is 0 Å². The van der Waals surface area contributed by atoms with Crippen molar-refractivity contribution in [3.8, 4) is 5.75 Å². The van der Waals surface area contributed by atoms with E-state index in [1.807, 2.05) is 30.3 Å². The Hall–Kier alpha value is -4.67. The van der Waals surface area contributed by atoms with Crippen molar-refractivity contribution in [2.45, 2.75) is 12.7 Å². The van der Waals surface area contributed by atoms with Crippen LogP contribution in [-0.4, -0.2) is 30.5 Å². The molecule has 36 heavy (non-hydrogen) atoms. The summed E-state index contributed by atoms with van der Waals surface area (Å²) in [7, 11) is 0. The number of anilines is 1. The van der Waals surface area contributed by atoms with Gasteiger partial charge < -0.3 is 15.4 Å². The van der Waals surface area contributed by atoms with Crippen molar-refractivity contribution in [1.82, 2.24) is 10.7 Å². The molecule has 0 aliphatic carbocycles. The molecule has 0 spiro atoms. The number of hydrogen-bond donors (Lipinski definition) is 3. The smallest absolute Gasteiger partial charge is 0.418 e. The molecule has 0 fully saturated rings. The number of rotatable bonds is 8. The van der Waals surface area contributed by atoms with Gasteiger partial charge in [-0.2, -0.15) is 18.3 Å². The summed E-state index contributed by atoms with van der Waals surface area (Å²) in [5, 5.41) is 8.37. The lowest BCUT2D eigenvalue weighted by molar-refractivity contribution is -0.139. The fraction of sp³-hybridized carbons (Fsp3) is 0.120. The minimum absolute atomic E-state index is 0.200. The van der Waals surface area contributed by atoms with Gasteiger partial charge in [-0.25, -0.2) is 5.43 Å². The summed E-state index contributed by atoms with van der Waals surface area (Å²) in [6.45, 7) is -0.307. The van der Waals surface area contributed by atoms with Gasteiger partial charge in [-0.3, -0.25) is 14.4 Å². The van der Waals surface area contributed by atoms with Crippen LogP contribution in [0, 0.1) is 0 Å². The molecule has 0 aromatic heterocycles. The van der Waals surface area contributed by atoms with E-state index >= 15 is 0 Å². The molecule has 3 N–H and O–H groups in total. The minimum atomic E-state index is -4.60. The zero-order chi connectivity index (χ0) is 26.0. The number of para-hydroxylation sites is 1. The average molecular weight is 498 g/mol. The first kappa shape index (κ1) is 25.9. The van der Waals surface area contributed by atoms with E-state index in [1.54, 1.807) is 12.1 Å². The highest BCUT2D eigenvalue weighted by Gasteiger charge is 2.33. The van der Waals surface area contributed by atoms with Crippen LogP contribution >= 0.6 is 0 Å². The summed E-state index contributed by atoms with van der Waals surface area (Å²) in [4.78, 5) is 35.6. The number of halogens is 3. The zero-order valence-corrected chi connectivity index (χ0v) is 18.7. The van der Waals surface area contributed by atoms with E-state index in [1.165, 1.54) is 30.5 Å². The number of hydrazone groups is 1. The van der Waals surface area contributed by atoms with Crippen molar-refractivity contribution < 1.29 is 32.3 Å². The highest BCUT2D eigenvalue weighted by atomic mass is 19.4. The first-order valence-corrected chi connectivity index (χ1v) is 10.6. The zero-order valence-electron chi connectivity index (χ0n) is 18.7. The Balaban J connectivity index is 1.43. The molecule has 0 atom stereocenters. The molecule has 3 amide bonds. The molecule has 8 nitrogen and oxygen atoms in total. The van der Waals surface area contributed by atoms with Crippen molar-refractivity contribution in [2.24, 2.45) is 5.10 Å². The number of nitrogens with one attached hydrogen (secondary N) is 3. The number of carbonyl (C=O) groups is 3. The van der Waals surface area contributed by atoms with Crippen molar-refractivity contribution in [2.75, 3.05) is 11.9 Å². The molecular formula is C25H21F3N4O4. The maximum Gasteiger partial charge on any atom is 0.418 e. The van der Waals surface area contributed by atoms with Crippen LogP contribution < -0.4 is 20.8 Å². The van der Waals surface area contributed by atoms with Crippen molar-refractivity contribution >= 4 is 29.6 Å². The lowest BCUT2D eigenvalue weighted by Gasteiger charge is -2.13. The number of hydrogen-bond acceptors (Lipinski definition) is 5. The quantitative estimate of drug-likeness (QED) is 0.251. The molecule has 186 valence electrons. The number of nitrogens with zero attached hydrogens (tertiary/aromatic N) is 1. The summed E-state index contributed by atoms with van der Waals surface area (Å²) in [6, 6.07) is 19.9. The Morgan fingerprint density at radius 3 is 2.22 bits per heavy atom. The van der Waals surface area contributed by atoms with Crippen LogP contribution in [0.5, 0.6) is 5.75 Å². The number of alkyl halides is 3. The molecule has 0 heterocycles. The first-order valence-electron chi connectivity index (χ1n) is 10.6. The van der Waals surface area contributed by atoms with E-state index in [2.05, 4.69) is 21.2 Å². The number of benzene rings is 3. The van der Waals surface area contributed by atoms with E-state index in [0.717, 1.165) is 17.7 Å². The van der Waals surface area contributed by atoms with Gasteiger partial charge in [0.2, 0.25) is 0 Å². The molecule has 0 radical (unpaired) electrons. The number of amides is 3. The fourth-order valence-electron chi connectivity index (χ4n) is 2.90. The predicted molar refractivity (Wildman–Crippen MR) is 126 cm³/mol. The molecule has 3 rings (SSSR count). The van der Waals surface area contributed by atoms with Gasteiger partial charge in [-0.1, -0.05) is 42.5 Å². The van der Waals surface area contributed by atoms with Crippen molar-refractivity contribution in [1.29, 1.82) is 0 Å². The van der Waals surface area contributed by atoms with Gasteiger partial charge in [0.25, 0.3) is 5.91 Å². The Morgan fingerprint density at radius 1 is 0.861 bits per heavy atom. The second-order valence-corrected chi connectivity index (χ2v) is 7.32. The van der Waals surface area contributed by atoms with Gasteiger partial charge in [0.1, 0.15) is 5.75 Å². The van der Waals surface area contributed by atoms with Crippen LogP contribution in [0.15, 0.2) is 84.0 Å². The molecular weight excluding hydrogens is 477 g/mol. The minimum Gasteiger partial charge on any atom is -0.484 e. The molecule has 3 aromatic rings. The topological polar surface area (TPSA) is 109 Å². The van der Waals surface area contributed by atoms with Crippen molar-refractivity contribution in [3.63, 3.8) is 0 Å². The van der Waals surface area contributed by atoms with Gasteiger partial charge in [-0.05, 0) is 47.5 Å². The van der Waals surface area contributed by atoms with Crippen LogP contribution in [0.1, 0.15) is 16.7 Å². The molecule has 11 heteroatoms. The van der Waals surface area contributed by atoms with E-state index in [4.69, 9.17) is 4.74 Å². The Kier molecular flexibility index (Phi) is 8.76. The monoisotopic (exact) mass is 498 g/mol. The van der Waals surface area contributed by atoms with E-state index < -0.39 is 36.1 Å². The van der Waals surface area contributed by atoms with Crippen LogP contribution in [-0.2, 0) is 27.1 Å². The third-order valence-electron chi connectivity index (χ3n) is 4.64. The lowest BCUT2D eigenvalue weighted by Crippen LogP contribution is -2.37. The summed E-state index contributed by atoms with van der Waals surface area (Å²) < 4.78 is 44.4. The largest absolute Gasteiger partial charge is 0.484 e. The number of carbonyl (C=O) groups excluding carboxylic acids is 3. The second kappa shape index (κ2) is 12.2. The van der Waals surface area contributed by atoms with E-state index in [9.17, 15) is 27.6 Å². The van der Waals surface area contributed by atoms with Crippen LogP contribution in [0.2, 0.25) is 0 Å². The van der Waals surface area contributed by atoms with Gasteiger partial charge in [0, 0.05) is 6.54 Å². The fourth-order valence-corrected chi connectivity index (χ4v) is 2.90. The third kappa shape index (κ3) is 7.97. The molecule has 0 saturated heterocycles. The normalized spacial score (nSPS) is 11.1. The Morgan fingerprint density at radius 2 is 1.53 bits per heavy atom. The van der Waals surface area contributed by atoms with E-state index in [-0.39, 0.29) is 18.0 Å². The first-order chi connectivity index (χ1) is 17.2. The van der Waals surface area contributed by atoms with Crippen LogP contribution in [0.3, 0.4) is 0 Å². The summed E-state index contributed by atoms with van der Waals surface area (Å²) in [5.74, 6) is -2.24. The highest BCUT2D eigenvalue weighted by molar-refractivity contribution is 6.35. The Bertz CT molecular complexity index is 1230. The standard InChI is InChI=1S/C25H21F3N4O4/c26-25(27,28)20-8-4-5-9-21(20)31-22(33)16-36-19-12-10-18(11-13-19)15-30-32-24(35)23(34)29-14-17-6-2-1-3-7-17/h1-13,15H,14,16H2,(H,29,34)(H,31,33)(H,32,35)/b30-15-. The molecule has 0 aliphatic rings. The van der Waals surface area contributed by atoms with Gasteiger partial charge >= 0.3 is 18.0 Å². The van der Waals surface area contributed by atoms with Crippen LogP contribution in [0.4, 0.5) is 18.9 Å². The number of ether oxygens (including phenoxy) is 1. The summed E-state index contributed by atoms with van der Waals surface area (Å²) in [5.41, 5.74) is 2.19. The Labute approximate surface area is 204 Å². The van der Waals surface area contributed by atoms with E-state index in [0.29, 0.717) is 5.56 Å². The van der Waals surface area contributed by atoms with Crippen molar-refractivity contribution in [3.05, 3.63) is 95.6 Å². The van der Waals surface area contributed by atoms with Crippen LogP contribution in [0.25, 0.3) is 0 Å². The SMILES string of the molecule is O=C(COc1ccc(/C=N\NC(=O)C(=O)NCc2ccccc2)cc1)Nc1ccccc1C(F)(F)F. The lowest BCUT2D eigenvalue weighted by atomic mass is 10.1. The summed E-state index contributed by atoms with van der Waals surface area (Å²) in [6.07, 6.45) is -3.31. The molecule has 0 saturated carbocycles. The maximum atomic E-state index is 13.0. The molecule has 0 unspecified atom stereocenters. The average Bonchev–Trinajstić information content (AvgIpc) is 2.87. The summed E-state index contributed by atoms with van der Waals surface area (Å²) >= 11 is 0. The van der Waals surface area contributed by atoms with Gasteiger partial charge in [0.15, 0.2) is 6.61 Å². The molecule has 3 aromatic carbocycles. The second-order valence-electron chi connectivity index (χ2n) is 7.32. The maximum absolute atomic E-state index is 13.0. The molecule has 0 aliphatic heterocycles. The molecule has 0 bridgehead atoms. The predicted octanol–water partition coefficient (Wildman–Crippen LogP) is 3.49. The highest BCUT2D eigenvalue weighted by Crippen LogP contribution is 2.34.